The summed E-state index contributed by atoms with van der Waals surface area (Å²) in [5, 5.41) is 6.29. The van der Waals surface area contributed by atoms with Gasteiger partial charge in [-0.15, -0.1) is 0 Å². The zero-order valence-electron chi connectivity index (χ0n) is 11.0. The highest BCUT2D eigenvalue weighted by molar-refractivity contribution is 5.78. The molecule has 94 valence electrons. The predicted molar refractivity (Wildman–Crippen MR) is 67.2 cm³/mol. The normalized spacial score (nSPS) is 30.4. The summed E-state index contributed by atoms with van der Waals surface area (Å²) in [6.07, 6.45) is 3.77. The standard InChI is InChI=1S/C13H26N2O/c1-9(2)15-13(16)8-14-12-6-5-10(3)7-11(12)4/h9-12,14H,5-8H2,1-4H3,(H,15,16). The van der Waals surface area contributed by atoms with Crippen LogP contribution in [-0.2, 0) is 4.79 Å². The molecule has 0 aromatic heterocycles. The van der Waals surface area contributed by atoms with E-state index in [1.54, 1.807) is 0 Å². The molecule has 1 fully saturated rings. The van der Waals surface area contributed by atoms with Gasteiger partial charge in [0.1, 0.15) is 0 Å². The highest BCUT2D eigenvalue weighted by Crippen LogP contribution is 2.28. The summed E-state index contributed by atoms with van der Waals surface area (Å²) in [6.45, 7) is 9.04. The van der Waals surface area contributed by atoms with Crippen LogP contribution in [0.4, 0.5) is 0 Å². The maximum Gasteiger partial charge on any atom is 0.234 e. The number of nitrogens with one attached hydrogen (secondary N) is 2. The predicted octanol–water partition coefficient (Wildman–Crippen LogP) is 1.93. The number of hydrogen-bond acceptors (Lipinski definition) is 2. The topological polar surface area (TPSA) is 41.1 Å². The largest absolute Gasteiger partial charge is 0.353 e. The van der Waals surface area contributed by atoms with E-state index in [0.29, 0.717) is 18.5 Å². The Balaban J connectivity index is 2.24. The Hall–Kier alpha value is -0.570. The summed E-state index contributed by atoms with van der Waals surface area (Å²) in [4.78, 5) is 11.5. The molecule has 3 atom stereocenters. The number of carbonyl (C=O) groups is 1. The molecule has 1 rings (SSSR count). The van der Waals surface area contributed by atoms with Gasteiger partial charge in [-0.25, -0.2) is 0 Å². The van der Waals surface area contributed by atoms with Crippen LogP contribution in [-0.4, -0.2) is 24.5 Å². The second kappa shape index (κ2) is 6.24. The molecule has 3 nitrogen and oxygen atoms in total. The molecule has 1 amide bonds. The van der Waals surface area contributed by atoms with E-state index < -0.39 is 0 Å². The quantitative estimate of drug-likeness (QED) is 0.769. The molecule has 2 N–H and O–H groups in total. The minimum Gasteiger partial charge on any atom is -0.353 e. The summed E-state index contributed by atoms with van der Waals surface area (Å²) >= 11 is 0. The van der Waals surface area contributed by atoms with E-state index in [0.717, 1.165) is 5.92 Å². The Morgan fingerprint density at radius 1 is 1.31 bits per heavy atom. The van der Waals surface area contributed by atoms with Crippen LogP contribution in [0.1, 0.15) is 47.0 Å². The monoisotopic (exact) mass is 226 g/mol. The molecule has 3 heteroatoms. The minimum absolute atomic E-state index is 0.112. The van der Waals surface area contributed by atoms with Crippen LogP contribution in [0.15, 0.2) is 0 Å². The lowest BCUT2D eigenvalue weighted by Crippen LogP contribution is -2.45. The van der Waals surface area contributed by atoms with Gasteiger partial charge >= 0.3 is 0 Å². The summed E-state index contributed by atoms with van der Waals surface area (Å²) < 4.78 is 0. The number of rotatable bonds is 4. The zero-order chi connectivity index (χ0) is 12.1. The van der Waals surface area contributed by atoms with E-state index in [9.17, 15) is 4.79 Å². The summed E-state index contributed by atoms with van der Waals surface area (Å²) in [7, 11) is 0. The van der Waals surface area contributed by atoms with Crippen LogP contribution in [0.25, 0.3) is 0 Å². The molecule has 0 saturated heterocycles. The average Bonchev–Trinajstić information content (AvgIpc) is 2.15. The first-order valence-electron chi connectivity index (χ1n) is 6.51. The van der Waals surface area contributed by atoms with Gasteiger partial charge in [0, 0.05) is 12.1 Å². The Morgan fingerprint density at radius 2 is 2.00 bits per heavy atom. The molecule has 1 aliphatic rings. The van der Waals surface area contributed by atoms with Crippen LogP contribution in [0.5, 0.6) is 0 Å². The van der Waals surface area contributed by atoms with Gasteiger partial charge < -0.3 is 10.6 Å². The maximum atomic E-state index is 11.5. The van der Waals surface area contributed by atoms with Crippen LogP contribution in [0.3, 0.4) is 0 Å². The maximum absolute atomic E-state index is 11.5. The van der Waals surface area contributed by atoms with Crippen LogP contribution in [0, 0.1) is 11.8 Å². The lowest BCUT2D eigenvalue weighted by atomic mass is 9.80. The first-order valence-corrected chi connectivity index (χ1v) is 6.51. The molecule has 0 aromatic rings. The Labute approximate surface area is 99.4 Å². The molecule has 0 spiro atoms. The van der Waals surface area contributed by atoms with Gasteiger partial charge in [-0.05, 0) is 44.9 Å². The Kier molecular flexibility index (Phi) is 5.26. The molecule has 0 radical (unpaired) electrons. The highest BCUT2D eigenvalue weighted by Gasteiger charge is 2.25. The van der Waals surface area contributed by atoms with Crippen molar-refractivity contribution in [3.63, 3.8) is 0 Å². The lowest BCUT2D eigenvalue weighted by Gasteiger charge is -2.33. The van der Waals surface area contributed by atoms with Crippen LogP contribution >= 0.6 is 0 Å². The molecule has 0 bridgehead atoms. The van der Waals surface area contributed by atoms with E-state index in [2.05, 4.69) is 24.5 Å². The minimum atomic E-state index is 0.112. The van der Waals surface area contributed by atoms with Crippen molar-refractivity contribution in [3.8, 4) is 0 Å². The van der Waals surface area contributed by atoms with E-state index >= 15 is 0 Å². The lowest BCUT2D eigenvalue weighted by molar-refractivity contribution is -0.120. The third-order valence-corrected chi connectivity index (χ3v) is 3.41. The molecule has 3 unspecified atom stereocenters. The third kappa shape index (κ3) is 4.52. The molecule has 1 saturated carbocycles. The van der Waals surface area contributed by atoms with Gasteiger partial charge in [0.15, 0.2) is 0 Å². The number of carbonyl (C=O) groups excluding carboxylic acids is 1. The molecular formula is C13H26N2O. The second-order valence-electron chi connectivity index (χ2n) is 5.61. The Bertz CT molecular complexity index is 228. The number of hydrogen-bond donors (Lipinski definition) is 2. The second-order valence-corrected chi connectivity index (χ2v) is 5.61. The van der Waals surface area contributed by atoms with E-state index in [1.807, 2.05) is 13.8 Å². The van der Waals surface area contributed by atoms with Crippen molar-refractivity contribution in [2.75, 3.05) is 6.54 Å². The molecular weight excluding hydrogens is 200 g/mol. The molecule has 1 aliphatic carbocycles. The molecule has 0 aliphatic heterocycles. The summed E-state index contributed by atoms with van der Waals surface area (Å²) in [5.74, 6) is 1.65. The summed E-state index contributed by atoms with van der Waals surface area (Å²) in [6, 6.07) is 0.757. The average molecular weight is 226 g/mol. The van der Waals surface area contributed by atoms with Crippen molar-refractivity contribution >= 4 is 5.91 Å². The number of amides is 1. The van der Waals surface area contributed by atoms with Gasteiger partial charge in [0.05, 0.1) is 6.54 Å². The first kappa shape index (κ1) is 13.5. The first-order chi connectivity index (χ1) is 7.49. The van der Waals surface area contributed by atoms with Crippen LogP contribution < -0.4 is 10.6 Å². The van der Waals surface area contributed by atoms with Crippen molar-refractivity contribution in [2.45, 2.75) is 59.0 Å². The van der Waals surface area contributed by atoms with Gasteiger partial charge in [0.25, 0.3) is 0 Å². The zero-order valence-corrected chi connectivity index (χ0v) is 11.0. The fourth-order valence-electron chi connectivity index (χ4n) is 2.57. The summed E-state index contributed by atoms with van der Waals surface area (Å²) in [5.41, 5.74) is 0. The van der Waals surface area contributed by atoms with Crippen molar-refractivity contribution in [3.05, 3.63) is 0 Å². The fourth-order valence-corrected chi connectivity index (χ4v) is 2.57. The van der Waals surface area contributed by atoms with Crippen molar-refractivity contribution in [1.82, 2.24) is 10.6 Å². The smallest absolute Gasteiger partial charge is 0.234 e. The third-order valence-electron chi connectivity index (χ3n) is 3.41. The van der Waals surface area contributed by atoms with Crippen LogP contribution in [0.2, 0.25) is 0 Å². The van der Waals surface area contributed by atoms with E-state index in [4.69, 9.17) is 0 Å². The molecule has 0 heterocycles. The van der Waals surface area contributed by atoms with Gasteiger partial charge in [-0.1, -0.05) is 13.8 Å². The highest BCUT2D eigenvalue weighted by atomic mass is 16.1. The van der Waals surface area contributed by atoms with Crippen molar-refractivity contribution in [2.24, 2.45) is 11.8 Å². The van der Waals surface area contributed by atoms with Crippen molar-refractivity contribution < 1.29 is 4.79 Å². The fraction of sp³-hybridized carbons (Fsp3) is 0.923. The van der Waals surface area contributed by atoms with Gasteiger partial charge in [0.2, 0.25) is 5.91 Å². The van der Waals surface area contributed by atoms with E-state index in [-0.39, 0.29) is 11.9 Å². The molecule has 16 heavy (non-hydrogen) atoms. The van der Waals surface area contributed by atoms with E-state index in [1.165, 1.54) is 19.3 Å². The van der Waals surface area contributed by atoms with Gasteiger partial charge in [-0.2, -0.15) is 0 Å². The Morgan fingerprint density at radius 3 is 2.56 bits per heavy atom. The SMILES string of the molecule is CC1CCC(NCC(=O)NC(C)C)C(C)C1. The van der Waals surface area contributed by atoms with Crippen molar-refractivity contribution in [1.29, 1.82) is 0 Å². The van der Waals surface area contributed by atoms with Gasteiger partial charge in [-0.3, -0.25) is 4.79 Å². The molecule has 0 aromatic carbocycles.